The van der Waals surface area contributed by atoms with Crippen LogP contribution >= 0.6 is 0 Å². The number of sulfone groups is 1. The van der Waals surface area contributed by atoms with E-state index in [2.05, 4.69) is 4.74 Å². The van der Waals surface area contributed by atoms with Gasteiger partial charge in [0.05, 0.1) is 7.11 Å². The number of rotatable bonds is 4. The second-order valence-corrected chi connectivity index (χ2v) is 5.59. The highest BCUT2D eigenvalue weighted by molar-refractivity contribution is 7.90. The van der Waals surface area contributed by atoms with Crippen LogP contribution in [0, 0.1) is 11.6 Å². The van der Waals surface area contributed by atoms with E-state index in [0.29, 0.717) is 12.3 Å². The largest absolute Gasteiger partial charge is 0.493 e. The summed E-state index contributed by atoms with van der Waals surface area (Å²) >= 11 is 0. The Bertz CT molecular complexity index is 625. The Balaban J connectivity index is 3.70. The van der Waals surface area contributed by atoms with Crippen LogP contribution in [0.4, 0.5) is 8.78 Å². The Kier molecular flexibility index (Phi) is 4.11. The van der Waals surface area contributed by atoms with E-state index in [1.54, 1.807) is 0 Å². The third kappa shape index (κ3) is 2.82. The molecule has 1 atom stereocenters. The molecule has 106 valence electrons. The van der Waals surface area contributed by atoms with Crippen molar-refractivity contribution in [3.8, 4) is 5.75 Å². The SMILES string of the molecule is COc1c(C(O)C(=O)O)cc(F)c(S(C)(=O)=O)c1F. The number of hydrogen-bond donors (Lipinski definition) is 2. The maximum absolute atomic E-state index is 13.9. The zero-order valence-corrected chi connectivity index (χ0v) is 10.7. The lowest BCUT2D eigenvalue weighted by molar-refractivity contribution is -0.147. The Morgan fingerprint density at radius 3 is 2.32 bits per heavy atom. The van der Waals surface area contributed by atoms with Crippen LogP contribution in [0.3, 0.4) is 0 Å². The zero-order valence-electron chi connectivity index (χ0n) is 9.85. The summed E-state index contributed by atoms with van der Waals surface area (Å²) in [5.74, 6) is -5.68. The van der Waals surface area contributed by atoms with Gasteiger partial charge in [-0.15, -0.1) is 0 Å². The number of benzene rings is 1. The van der Waals surface area contributed by atoms with Gasteiger partial charge in [-0.05, 0) is 6.07 Å². The molecule has 0 aliphatic heterocycles. The summed E-state index contributed by atoms with van der Waals surface area (Å²) in [5, 5.41) is 17.9. The zero-order chi connectivity index (χ0) is 15.0. The van der Waals surface area contributed by atoms with E-state index >= 15 is 0 Å². The Hall–Kier alpha value is -1.74. The minimum absolute atomic E-state index is 0.414. The van der Waals surface area contributed by atoms with Gasteiger partial charge in [0.25, 0.3) is 0 Å². The smallest absolute Gasteiger partial charge is 0.337 e. The number of carboxylic acids is 1. The second-order valence-electron chi connectivity index (χ2n) is 3.64. The first-order valence-corrected chi connectivity index (χ1v) is 6.67. The number of ether oxygens (including phenoxy) is 1. The predicted octanol–water partition coefficient (Wildman–Crippen LogP) is 0.495. The molecular weight excluding hydrogens is 286 g/mol. The third-order valence-electron chi connectivity index (χ3n) is 2.26. The molecule has 0 aromatic heterocycles. The van der Waals surface area contributed by atoms with E-state index in [0.717, 1.165) is 7.11 Å². The van der Waals surface area contributed by atoms with E-state index < -0.39 is 49.8 Å². The van der Waals surface area contributed by atoms with Crippen LogP contribution in [-0.4, -0.2) is 38.0 Å². The van der Waals surface area contributed by atoms with E-state index in [1.807, 2.05) is 0 Å². The number of hydrogen-bond acceptors (Lipinski definition) is 5. The molecule has 0 spiro atoms. The van der Waals surface area contributed by atoms with Gasteiger partial charge < -0.3 is 14.9 Å². The molecule has 0 saturated carbocycles. The number of halogens is 2. The molecule has 0 aliphatic rings. The number of methoxy groups -OCH3 is 1. The molecule has 0 aliphatic carbocycles. The van der Waals surface area contributed by atoms with Gasteiger partial charge in [-0.1, -0.05) is 0 Å². The van der Waals surface area contributed by atoms with E-state index in [1.165, 1.54) is 0 Å². The highest BCUT2D eigenvalue weighted by atomic mass is 32.2. The summed E-state index contributed by atoms with van der Waals surface area (Å²) in [6.45, 7) is 0. The monoisotopic (exact) mass is 296 g/mol. The average molecular weight is 296 g/mol. The lowest BCUT2D eigenvalue weighted by Crippen LogP contribution is -2.15. The molecule has 2 N–H and O–H groups in total. The fourth-order valence-corrected chi connectivity index (χ4v) is 2.32. The molecule has 0 radical (unpaired) electrons. The molecule has 9 heteroatoms. The van der Waals surface area contributed by atoms with Gasteiger partial charge in [-0.2, -0.15) is 0 Å². The second kappa shape index (κ2) is 5.10. The fraction of sp³-hybridized carbons (Fsp3) is 0.300. The Morgan fingerprint density at radius 2 is 1.95 bits per heavy atom. The van der Waals surface area contributed by atoms with Crippen molar-refractivity contribution in [1.82, 2.24) is 0 Å². The molecule has 0 heterocycles. The normalized spacial score (nSPS) is 13.1. The number of carboxylic acid groups (broad SMARTS) is 1. The molecule has 1 aromatic rings. The van der Waals surface area contributed by atoms with Gasteiger partial charge in [-0.3, -0.25) is 0 Å². The maximum atomic E-state index is 13.9. The minimum atomic E-state index is -4.22. The molecule has 0 amide bonds. The van der Waals surface area contributed by atoms with Crippen LogP contribution in [0.15, 0.2) is 11.0 Å². The van der Waals surface area contributed by atoms with Gasteiger partial charge >= 0.3 is 5.97 Å². The number of aliphatic carboxylic acids is 1. The van der Waals surface area contributed by atoms with E-state index in [9.17, 15) is 27.1 Å². The van der Waals surface area contributed by atoms with Gasteiger partial charge in [0.15, 0.2) is 27.5 Å². The summed E-state index contributed by atoms with van der Waals surface area (Å²) in [7, 11) is -3.29. The van der Waals surface area contributed by atoms with Crippen molar-refractivity contribution in [1.29, 1.82) is 0 Å². The quantitative estimate of drug-likeness (QED) is 0.839. The Morgan fingerprint density at radius 1 is 1.42 bits per heavy atom. The first-order chi connectivity index (χ1) is 8.61. The van der Waals surface area contributed by atoms with Crippen molar-refractivity contribution in [2.45, 2.75) is 11.0 Å². The molecule has 0 fully saturated rings. The first-order valence-electron chi connectivity index (χ1n) is 4.78. The minimum Gasteiger partial charge on any atom is -0.493 e. The van der Waals surface area contributed by atoms with Crippen LogP contribution in [0.1, 0.15) is 11.7 Å². The molecule has 1 rings (SSSR count). The third-order valence-corrected chi connectivity index (χ3v) is 3.38. The molecule has 1 aromatic carbocycles. The van der Waals surface area contributed by atoms with Gasteiger partial charge in [0, 0.05) is 11.8 Å². The predicted molar refractivity (Wildman–Crippen MR) is 58.6 cm³/mol. The molecule has 0 saturated heterocycles. The van der Waals surface area contributed by atoms with Crippen molar-refractivity contribution in [2.24, 2.45) is 0 Å². The van der Waals surface area contributed by atoms with E-state index in [4.69, 9.17) is 5.11 Å². The summed E-state index contributed by atoms with van der Waals surface area (Å²) in [5.41, 5.74) is -0.711. The standard InChI is InChI=1S/C10H10F2O6S/c1-18-8-4(7(13)10(14)15)3-5(11)9(6(8)12)19(2,16)17/h3,7,13H,1-2H3,(H,14,15). The highest BCUT2D eigenvalue weighted by Gasteiger charge is 2.30. The van der Waals surface area contributed by atoms with Crippen LogP contribution < -0.4 is 4.74 Å². The maximum Gasteiger partial charge on any atom is 0.337 e. The first kappa shape index (κ1) is 15.3. The lowest BCUT2D eigenvalue weighted by Gasteiger charge is -2.14. The van der Waals surface area contributed by atoms with Gasteiger partial charge in [0.1, 0.15) is 10.7 Å². The Labute approximate surface area is 107 Å². The summed E-state index contributed by atoms with van der Waals surface area (Å²) in [6, 6.07) is 0.414. The van der Waals surface area contributed by atoms with Crippen LogP contribution in [-0.2, 0) is 14.6 Å². The van der Waals surface area contributed by atoms with E-state index in [-0.39, 0.29) is 0 Å². The summed E-state index contributed by atoms with van der Waals surface area (Å²) in [6.07, 6.45) is -1.66. The summed E-state index contributed by atoms with van der Waals surface area (Å²) < 4.78 is 54.4. The number of aliphatic hydroxyl groups is 1. The molecule has 0 bridgehead atoms. The van der Waals surface area contributed by atoms with Crippen molar-refractivity contribution >= 4 is 15.8 Å². The lowest BCUT2D eigenvalue weighted by atomic mass is 10.1. The number of aliphatic hydroxyl groups excluding tert-OH is 1. The molecular formula is C10H10F2O6S. The van der Waals surface area contributed by atoms with Crippen LogP contribution in [0.5, 0.6) is 5.75 Å². The molecule has 1 unspecified atom stereocenters. The number of carbonyl (C=O) groups is 1. The molecule has 19 heavy (non-hydrogen) atoms. The van der Waals surface area contributed by atoms with Gasteiger partial charge in [0.2, 0.25) is 0 Å². The van der Waals surface area contributed by atoms with Crippen molar-refractivity contribution in [3.63, 3.8) is 0 Å². The van der Waals surface area contributed by atoms with Crippen LogP contribution in [0.25, 0.3) is 0 Å². The average Bonchev–Trinajstić information content (AvgIpc) is 2.25. The summed E-state index contributed by atoms with van der Waals surface area (Å²) in [4.78, 5) is 9.36. The fourth-order valence-electron chi connectivity index (χ4n) is 1.49. The van der Waals surface area contributed by atoms with Crippen LogP contribution in [0.2, 0.25) is 0 Å². The van der Waals surface area contributed by atoms with Crippen molar-refractivity contribution in [3.05, 3.63) is 23.3 Å². The van der Waals surface area contributed by atoms with Crippen molar-refractivity contribution in [2.75, 3.05) is 13.4 Å². The highest BCUT2D eigenvalue weighted by Crippen LogP contribution is 2.34. The van der Waals surface area contributed by atoms with Crippen molar-refractivity contribution < 1.29 is 36.9 Å². The topological polar surface area (TPSA) is 101 Å². The molecule has 6 nitrogen and oxygen atoms in total. The van der Waals surface area contributed by atoms with Gasteiger partial charge in [-0.25, -0.2) is 22.0 Å².